The van der Waals surface area contributed by atoms with Crippen molar-refractivity contribution in [2.75, 3.05) is 26.3 Å². The lowest BCUT2D eigenvalue weighted by atomic mass is 9.91. The topological polar surface area (TPSA) is 65.3 Å². The molecule has 86 valence electrons. The van der Waals surface area contributed by atoms with E-state index in [9.17, 15) is 5.11 Å². The van der Waals surface area contributed by atoms with Gasteiger partial charge in [0.25, 0.3) is 0 Å². The van der Waals surface area contributed by atoms with Crippen LogP contribution in [0.1, 0.15) is 26.7 Å². The molecule has 1 fully saturated rings. The summed E-state index contributed by atoms with van der Waals surface area (Å²) in [4.78, 5) is 0. The van der Waals surface area contributed by atoms with Gasteiger partial charge >= 0.3 is 0 Å². The number of ether oxygens (including phenoxy) is 1. The molecule has 1 rings (SSSR count). The molecule has 0 amide bonds. The van der Waals surface area contributed by atoms with E-state index in [0.717, 1.165) is 13.0 Å². The van der Waals surface area contributed by atoms with E-state index in [1.807, 2.05) is 13.8 Å². The van der Waals surface area contributed by atoms with Gasteiger partial charge in [0.1, 0.15) is 5.60 Å². The third-order valence-corrected chi connectivity index (χ3v) is 2.77. The minimum atomic E-state index is -0.698. The molecule has 1 aliphatic heterocycles. The molecule has 2 N–H and O–H groups in total. The molecule has 0 aromatic heterocycles. The van der Waals surface area contributed by atoms with Gasteiger partial charge in [0.05, 0.1) is 18.1 Å². The van der Waals surface area contributed by atoms with Crippen molar-refractivity contribution in [3.63, 3.8) is 0 Å². The van der Waals surface area contributed by atoms with Gasteiger partial charge < -0.3 is 15.2 Å². The van der Waals surface area contributed by atoms with Crippen LogP contribution < -0.4 is 5.32 Å². The van der Waals surface area contributed by atoms with Crippen molar-refractivity contribution in [1.82, 2.24) is 5.32 Å². The molecule has 0 aromatic carbocycles. The molecule has 4 heteroatoms. The van der Waals surface area contributed by atoms with Gasteiger partial charge in [-0.05, 0) is 26.8 Å². The summed E-state index contributed by atoms with van der Waals surface area (Å²) in [6.07, 6.45) is 1.49. The molecule has 0 bridgehead atoms. The maximum Gasteiger partial charge on any atom is 0.102 e. The first-order valence-electron chi connectivity index (χ1n) is 5.40. The van der Waals surface area contributed by atoms with Crippen LogP contribution in [0, 0.1) is 16.7 Å². The SMILES string of the molecule is CC(C)(C#N)CCNCC1(O)CCOC1. The van der Waals surface area contributed by atoms with Gasteiger partial charge in [-0.15, -0.1) is 0 Å². The van der Waals surface area contributed by atoms with Gasteiger partial charge in [0.15, 0.2) is 0 Å². The minimum Gasteiger partial charge on any atom is -0.386 e. The molecular weight excluding hydrogens is 192 g/mol. The Balaban J connectivity index is 2.14. The molecule has 15 heavy (non-hydrogen) atoms. The van der Waals surface area contributed by atoms with E-state index >= 15 is 0 Å². The van der Waals surface area contributed by atoms with Crippen LogP contribution in [-0.2, 0) is 4.74 Å². The molecule has 1 unspecified atom stereocenters. The van der Waals surface area contributed by atoms with Crippen molar-refractivity contribution in [2.45, 2.75) is 32.3 Å². The molecular formula is C11H20N2O2. The Kier molecular flexibility index (Phi) is 4.09. The van der Waals surface area contributed by atoms with E-state index in [1.165, 1.54) is 0 Å². The Hall–Kier alpha value is -0.630. The van der Waals surface area contributed by atoms with Gasteiger partial charge in [-0.1, -0.05) is 0 Å². The van der Waals surface area contributed by atoms with Crippen molar-refractivity contribution in [2.24, 2.45) is 5.41 Å². The molecule has 1 aliphatic rings. The van der Waals surface area contributed by atoms with Crippen molar-refractivity contribution in [3.8, 4) is 6.07 Å². The van der Waals surface area contributed by atoms with Crippen LogP contribution in [0.3, 0.4) is 0 Å². The predicted molar refractivity (Wildman–Crippen MR) is 57.3 cm³/mol. The molecule has 0 spiro atoms. The summed E-state index contributed by atoms with van der Waals surface area (Å²) >= 11 is 0. The zero-order chi connectivity index (χ0) is 11.4. The maximum atomic E-state index is 9.93. The lowest BCUT2D eigenvalue weighted by Crippen LogP contribution is -2.41. The summed E-state index contributed by atoms with van der Waals surface area (Å²) in [5, 5.41) is 21.9. The largest absolute Gasteiger partial charge is 0.386 e. The van der Waals surface area contributed by atoms with Crippen LogP contribution in [-0.4, -0.2) is 37.0 Å². The maximum absolute atomic E-state index is 9.93. The lowest BCUT2D eigenvalue weighted by molar-refractivity contribution is 0.0269. The van der Waals surface area contributed by atoms with Crippen molar-refractivity contribution >= 4 is 0 Å². The minimum absolute atomic E-state index is 0.290. The van der Waals surface area contributed by atoms with Gasteiger partial charge in [0, 0.05) is 19.6 Å². The Morgan fingerprint density at radius 3 is 2.87 bits per heavy atom. The molecule has 1 heterocycles. The van der Waals surface area contributed by atoms with Gasteiger partial charge in [-0.2, -0.15) is 5.26 Å². The Morgan fingerprint density at radius 1 is 1.60 bits per heavy atom. The van der Waals surface area contributed by atoms with Crippen LogP contribution in [0.25, 0.3) is 0 Å². The van der Waals surface area contributed by atoms with Gasteiger partial charge in [0.2, 0.25) is 0 Å². The molecule has 4 nitrogen and oxygen atoms in total. The van der Waals surface area contributed by atoms with Crippen LogP contribution in [0.5, 0.6) is 0 Å². The third-order valence-electron chi connectivity index (χ3n) is 2.77. The summed E-state index contributed by atoms with van der Waals surface area (Å²) < 4.78 is 5.14. The van der Waals surface area contributed by atoms with Crippen LogP contribution in [0.4, 0.5) is 0 Å². The van der Waals surface area contributed by atoms with E-state index in [0.29, 0.717) is 26.2 Å². The van der Waals surface area contributed by atoms with E-state index in [2.05, 4.69) is 11.4 Å². The smallest absolute Gasteiger partial charge is 0.102 e. The summed E-state index contributed by atoms with van der Waals surface area (Å²) in [5.41, 5.74) is -0.988. The zero-order valence-corrected chi connectivity index (χ0v) is 9.55. The summed E-state index contributed by atoms with van der Waals surface area (Å²) in [5.74, 6) is 0. The highest BCUT2D eigenvalue weighted by Gasteiger charge is 2.31. The van der Waals surface area contributed by atoms with E-state index in [1.54, 1.807) is 0 Å². The predicted octanol–water partition coefficient (Wildman–Crippen LogP) is 0.667. The second-order valence-corrected chi connectivity index (χ2v) is 4.95. The summed E-state index contributed by atoms with van der Waals surface area (Å²) in [6, 6.07) is 2.25. The third kappa shape index (κ3) is 4.17. The van der Waals surface area contributed by atoms with E-state index in [-0.39, 0.29) is 5.41 Å². The normalized spacial score (nSPS) is 26.5. The summed E-state index contributed by atoms with van der Waals surface area (Å²) in [6.45, 7) is 6.20. The number of aliphatic hydroxyl groups is 1. The highest BCUT2D eigenvalue weighted by Crippen LogP contribution is 2.19. The van der Waals surface area contributed by atoms with Crippen molar-refractivity contribution in [3.05, 3.63) is 0 Å². The average molecular weight is 212 g/mol. The first-order chi connectivity index (χ1) is 6.97. The highest BCUT2D eigenvalue weighted by atomic mass is 16.5. The number of hydrogen-bond donors (Lipinski definition) is 2. The molecule has 0 aromatic rings. The standard InChI is InChI=1S/C11H20N2O2/c1-10(2,7-12)3-5-13-8-11(14)4-6-15-9-11/h13-14H,3-6,8-9H2,1-2H3. The monoisotopic (exact) mass is 212 g/mol. The number of hydrogen-bond acceptors (Lipinski definition) is 4. The van der Waals surface area contributed by atoms with Gasteiger partial charge in [-0.3, -0.25) is 0 Å². The quantitative estimate of drug-likeness (QED) is 0.657. The van der Waals surface area contributed by atoms with Crippen LogP contribution in [0.2, 0.25) is 0 Å². The molecule has 1 atom stereocenters. The number of nitrogens with zero attached hydrogens (tertiary/aromatic N) is 1. The number of rotatable bonds is 5. The zero-order valence-electron chi connectivity index (χ0n) is 9.55. The first-order valence-corrected chi connectivity index (χ1v) is 5.40. The van der Waals surface area contributed by atoms with Crippen LogP contribution >= 0.6 is 0 Å². The second kappa shape index (κ2) is 4.93. The van der Waals surface area contributed by atoms with Crippen molar-refractivity contribution < 1.29 is 9.84 Å². The lowest BCUT2D eigenvalue weighted by Gasteiger charge is -2.22. The Bertz CT molecular complexity index is 239. The molecule has 1 saturated heterocycles. The van der Waals surface area contributed by atoms with E-state index < -0.39 is 5.60 Å². The number of nitrogens with one attached hydrogen (secondary N) is 1. The second-order valence-electron chi connectivity index (χ2n) is 4.95. The van der Waals surface area contributed by atoms with Gasteiger partial charge in [-0.25, -0.2) is 0 Å². The Morgan fingerprint density at radius 2 is 2.33 bits per heavy atom. The van der Waals surface area contributed by atoms with Crippen molar-refractivity contribution in [1.29, 1.82) is 5.26 Å². The number of nitriles is 1. The average Bonchev–Trinajstić information content (AvgIpc) is 2.61. The summed E-state index contributed by atoms with van der Waals surface area (Å²) in [7, 11) is 0. The molecule has 0 aliphatic carbocycles. The molecule has 0 saturated carbocycles. The highest BCUT2D eigenvalue weighted by molar-refractivity contribution is 4.92. The first kappa shape index (κ1) is 12.4. The van der Waals surface area contributed by atoms with Crippen LogP contribution in [0.15, 0.2) is 0 Å². The fourth-order valence-electron chi connectivity index (χ4n) is 1.51. The molecule has 0 radical (unpaired) electrons. The van der Waals surface area contributed by atoms with E-state index in [4.69, 9.17) is 10.00 Å². The fourth-order valence-corrected chi connectivity index (χ4v) is 1.51. The fraction of sp³-hybridized carbons (Fsp3) is 0.909. The Labute approximate surface area is 91.2 Å².